The number of rotatable bonds is 6. The molecule has 2 N–H and O–H groups in total. The lowest BCUT2D eigenvalue weighted by Crippen LogP contribution is -2.38. The fourth-order valence-corrected chi connectivity index (χ4v) is 1.44. The molecule has 114 valence electrons. The van der Waals surface area contributed by atoms with Gasteiger partial charge < -0.3 is 15.4 Å². The van der Waals surface area contributed by atoms with E-state index < -0.39 is 0 Å². The van der Waals surface area contributed by atoms with E-state index in [1.54, 1.807) is 10.9 Å². The maximum atomic E-state index is 11.0. The summed E-state index contributed by atoms with van der Waals surface area (Å²) in [5.41, 5.74) is 1.02. The van der Waals surface area contributed by atoms with Crippen LogP contribution in [0.4, 0.5) is 0 Å². The highest BCUT2D eigenvalue weighted by molar-refractivity contribution is 14.0. The van der Waals surface area contributed by atoms with E-state index in [-0.39, 0.29) is 29.9 Å². The van der Waals surface area contributed by atoms with Crippen molar-refractivity contribution < 1.29 is 9.53 Å². The Morgan fingerprint density at radius 2 is 2.25 bits per heavy atom. The predicted molar refractivity (Wildman–Crippen MR) is 88.1 cm³/mol. The molecule has 1 aromatic heterocycles. The van der Waals surface area contributed by atoms with Crippen molar-refractivity contribution in [2.75, 3.05) is 20.2 Å². The van der Waals surface area contributed by atoms with Gasteiger partial charge in [-0.25, -0.2) is 4.99 Å². The largest absolute Gasteiger partial charge is 0.469 e. The molecule has 0 amide bonds. The number of aryl methyl sites for hydroxylation is 1. The first kappa shape index (κ1) is 18.7. The van der Waals surface area contributed by atoms with Crippen LogP contribution in [0.3, 0.4) is 0 Å². The fraction of sp³-hybridized carbons (Fsp3) is 0.583. The SMILES string of the molecule is CCNC(=NCc1ccnn1C)NCCC(=O)OC.I. The van der Waals surface area contributed by atoms with E-state index in [1.807, 2.05) is 20.0 Å². The summed E-state index contributed by atoms with van der Waals surface area (Å²) in [5.74, 6) is 0.433. The minimum atomic E-state index is -0.241. The molecule has 0 aliphatic carbocycles. The van der Waals surface area contributed by atoms with E-state index in [2.05, 4.69) is 25.5 Å². The van der Waals surface area contributed by atoms with Gasteiger partial charge in [-0.15, -0.1) is 24.0 Å². The van der Waals surface area contributed by atoms with Crippen molar-refractivity contribution in [1.82, 2.24) is 20.4 Å². The molecule has 0 atom stereocenters. The molecule has 0 aliphatic rings. The normalized spacial score (nSPS) is 10.7. The molecular weight excluding hydrogens is 373 g/mol. The number of nitrogens with zero attached hydrogens (tertiary/aromatic N) is 3. The first-order chi connectivity index (χ1) is 9.17. The summed E-state index contributed by atoms with van der Waals surface area (Å²) >= 11 is 0. The van der Waals surface area contributed by atoms with E-state index in [0.29, 0.717) is 25.5 Å². The highest BCUT2D eigenvalue weighted by Crippen LogP contribution is 1.97. The molecule has 1 heterocycles. The number of aromatic nitrogens is 2. The number of aliphatic imine (C=N–C) groups is 1. The maximum absolute atomic E-state index is 11.0. The second kappa shape index (κ2) is 10.5. The minimum Gasteiger partial charge on any atom is -0.469 e. The number of guanidine groups is 1. The molecule has 8 heteroatoms. The summed E-state index contributed by atoms with van der Waals surface area (Å²) in [6, 6.07) is 1.92. The number of hydrogen-bond acceptors (Lipinski definition) is 4. The van der Waals surface area contributed by atoms with Gasteiger partial charge >= 0.3 is 5.97 Å². The van der Waals surface area contributed by atoms with Crippen molar-refractivity contribution in [2.45, 2.75) is 19.9 Å². The Labute approximate surface area is 136 Å². The van der Waals surface area contributed by atoms with E-state index in [0.717, 1.165) is 12.2 Å². The van der Waals surface area contributed by atoms with Gasteiger partial charge in [-0.3, -0.25) is 9.48 Å². The van der Waals surface area contributed by atoms with E-state index in [4.69, 9.17) is 0 Å². The van der Waals surface area contributed by atoms with E-state index in [9.17, 15) is 4.79 Å². The van der Waals surface area contributed by atoms with Gasteiger partial charge in [-0.2, -0.15) is 5.10 Å². The van der Waals surface area contributed by atoms with Gasteiger partial charge in [-0.1, -0.05) is 0 Å². The first-order valence-electron chi connectivity index (χ1n) is 6.23. The van der Waals surface area contributed by atoms with Gasteiger partial charge in [0.05, 0.1) is 25.8 Å². The summed E-state index contributed by atoms with van der Waals surface area (Å²) in [6.45, 7) is 3.77. The maximum Gasteiger partial charge on any atom is 0.307 e. The van der Waals surface area contributed by atoms with Crippen LogP contribution in [0.5, 0.6) is 0 Å². The Balaban J connectivity index is 0.00000361. The van der Waals surface area contributed by atoms with Crippen molar-refractivity contribution >= 4 is 35.9 Å². The molecule has 0 unspecified atom stereocenters. The van der Waals surface area contributed by atoms with Crippen LogP contribution in [-0.4, -0.2) is 41.9 Å². The zero-order chi connectivity index (χ0) is 14.1. The molecule has 0 saturated carbocycles. The number of esters is 1. The lowest BCUT2D eigenvalue weighted by atomic mass is 10.4. The topological polar surface area (TPSA) is 80.5 Å². The molecule has 20 heavy (non-hydrogen) atoms. The van der Waals surface area contributed by atoms with Gasteiger partial charge in [0.2, 0.25) is 0 Å². The lowest BCUT2D eigenvalue weighted by Gasteiger charge is -2.10. The van der Waals surface area contributed by atoms with E-state index in [1.165, 1.54) is 7.11 Å². The summed E-state index contributed by atoms with van der Waals surface area (Å²) < 4.78 is 6.36. The number of methoxy groups -OCH3 is 1. The molecule has 0 spiro atoms. The number of hydrogen-bond donors (Lipinski definition) is 2. The molecule has 0 bridgehead atoms. The number of halogens is 1. The van der Waals surface area contributed by atoms with E-state index >= 15 is 0 Å². The Morgan fingerprint density at radius 3 is 2.80 bits per heavy atom. The minimum absolute atomic E-state index is 0. The third-order valence-electron chi connectivity index (χ3n) is 2.52. The average Bonchev–Trinajstić information content (AvgIpc) is 2.81. The Morgan fingerprint density at radius 1 is 1.50 bits per heavy atom. The summed E-state index contributed by atoms with van der Waals surface area (Å²) in [7, 11) is 3.26. The zero-order valence-corrected chi connectivity index (χ0v) is 14.4. The summed E-state index contributed by atoms with van der Waals surface area (Å²) in [4.78, 5) is 15.4. The molecule has 0 radical (unpaired) electrons. The highest BCUT2D eigenvalue weighted by Gasteiger charge is 2.02. The molecule has 0 aromatic carbocycles. The van der Waals surface area contributed by atoms with Gasteiger partial charge in [-0.05, 0) is 13.0 Å². The standard InChI is InChI=1S/C12H21N5O2.HI/c1-4-13-12(14-7-6-11(18)19-3)15-9-10-5-8-16-17(10)2;/h5,8H,4,6-7,9H2,1-3H3,(H2,13,14,15);1H. The molecule has 1 rings (SSSR count). The van der Waals surface area contributed by atoms with Crippen molar-refractivity contribution in [3.05, 3.63) is 18.0 Å². The number of nitrogens with one attached hydrogen (secondary N) is 2. The van der Waals surface area contributed by atoms with Gasteiger partial charge in [0.15, 0.2) is 5.96 Å². The van der Waals surface area contributed by atoms with Crippen LogP contribution in [0, 0.1) is 0 Å². The van der Waals surface area contributed by atoms with Crippen molar-refractivity contribution in [1.29, 1.82) is 0 Å². The Hall–Kier alpha value is -1.32. The smallest absolute Gasteiger partial charge is 0.307 e. The quantitative estimate of drug-likeness (QED) is 0.320. The number of carbonyl (C=O) groups is 1. The van der Waals surface area contributed by atoms with Crippen LogP contribution >= 0.6 is 24.0 Å². The molecular formula is C12H22IN5O2. The zero-order valence-electron chi connectivity index (χ0n) is 12.0. The monoisotopic (exact) mass is 395 g/mol. The van der Waals surface area contributed by atoms with Gasteiger partial charge in [0, 0.05) is 26.3 Å². The first-order valence-corrected chi connectivity index (χ1v) is 6.23. The predicted octanol–water partition coefficient (Wildman–Crippen LogP) is 0.656. The molecule has 7 nitrogen and oxygen atoms in total. The van der Waals surface area contributed by atoms with Crippen molar-refractivity contribution in [3.63, 3.8) is 0 Å². The number of ether oxygens (including phenoxy) is 1. The third kappa shape index (κ3) is 6.73. The second-order valence-electron chi connectivity index (χ2n) is 3.89. The highest BCUT2D eigenvalue weighted by atomic mass is 127. The van der Waals surface area contributed by atoms with Crippen LogP contribution < -0.4 is 10.6 Å². The summed E-state index contributed by atoms with van der Waals surface area (Å²) in [6.07, 6.45) is 2.05. The van der Waals surface area contributed by atoms with Gasteiger partial charge in [0.25, 0.3) is 0 Å². The van der Waals surface area contributed by atoms with Gasteiger partial charge in [0.1, 0.15) is 0 Å². The molecule has 0 aliphatic heterocycles. The van der Waals surface area contributed by atoms with Crippen LogP contribution in [0.2, 0.25) is 0 Å². The molecule has 0 saturated heterocycles. The Bertz CT molecular complexity index is 433. The van der Waals surface area contributed by atoms with Crippen LogP contribution in [0.1, 0.15) is 19.0 Å². The summed E-state index contributed by atoms with van der Waals surface area (Å²) in [5, 5.41) is 10.3. The van der Waals surface area contributed by atoms with Crippen molar-refractivity contribution in [2.24, 2.45) is 12.0 Å². The van der Waals surface area contributed by atoms with Crippen LogP contribution in [0.15, 0.2) is 17.3 Å². The molecule has 1 aromatic rings. The van der Waals surface area contributed by atoms with Crippen LogP contribution in [0.25, 0.3) is 0 Å². The second-order valence-corrected chi connectivity index (χ2v) is 3.89. The fourth-order valence-electron chi connectivity index (χ4n) is 1.44. The Kier molecular flexibility index (Phi) is 9.77. The van der Waals surface area contributed by atoms with Crippen molar-refractivity contribution in [3.8, 4) is 0 Å². The third-order valence-corrected chi connectivity index (χ3v) is 2.52. The number of carbonyl (C=O) groups excluding carboxylic acids is 1. The van der Waals surface area contributed by atoms with Crippen LogP contribution in [-0.2, 0) is 23.1 Å². The lowest BCUT2D eigenvalue weighted by molar-refractivity contribution is -0.140. The molecule has 0 fully saturated rings. The average molecular weight is 395 g/mol.